The molecule has 10 nitrogen and oxygen atoms in total. The molecule has 0 saturated heterocycles. The number of hydrogen-bond acceptors (Lipinski definition) is 5. The van der Waals surface area contributed by atoms with E-state index in [-0.39, 0.29) is 30.7 Å². The molecule has 0 spiro atoms. The van der Waals surface area contributed by atoms with Crippen molar-refractivity contribution < 1.29 is 29.0 Å². The first-order valence-corrected chi connectivity index (χ1v) is 12.6. The van der Waals surface area contributed by atoms with Crippen molar-refractivity contribution in [3.63, 3.8) is 0 Å². The Morgan fingerprint density at radius 2 is 1.62 bits per heavy atom. The average Bonchev–Trinajstić information content (AvgIpc) is 2.92. The first-order valence-electron chi connectivity index (χ1n) is 12.6. The van der Waals surface area contributed by atoms with Crippen molar-refractivity contribution in [2.75, 3.05) is 36.3 Å². The molecule has 3 aromatic rings. The summed E-state index contributed by atoms with van der Waals surface area (Å²) in [7, 11) is 4.83. The van der Waals surface area contributed by atoms with Crippen molar-refractivity contribution in [2.24, 2.45) is 0 Å². The normalized spacial score (nSPS) is 11.2. The number of rotatable bonds is 10. The minimum absolute atomic E-state index is 0.0828. The Morgan fingerprint density at radius 1 is 0.950 bits per heavy atom. The Bertz CT molecular complexity index is 1370. The lowest BCUT2D eigenvalue weighted by molar-refractivity contribution is -0.137. The first-order chi connectivity index (χ1) is 19.0. The van der Waals surface area contributed by atoms with Crippen LogP contribution >= 0.6 is 0 Å². The molecule has 0 saturated carbocycles. The number of carboxylic acid groups (broad SMARTS) is 1. The van der Waals surface area contributed by atoms with Gasteiger partial charge in [-0.05, 0) is 53.9 Å². The number of carboxylic acids is 1. The van der Waals surface area contributed by atoms with Crippen molar-refractivity contribution >= 4 is 40.9 Å². The highest BCUT2D eigenvalue weighted by atomic mass is 16.5. The number of hydrogen-bond donors (Lipinski definition) is 3. The number of nitrogens with zero attached hydrogens (tertiary/aromatic N) is 2. The number of likely N-dealkylation sites (N-methyl/N-ethyl adjacent to an activating group) is 1. The van der Waals surface area contributed by atoms with Crippen molar-refractivity contribution in [1.29, 1.82) is 0 Å². The molecule has 10 heteroatoms. The number of amides is 4. The van der Waals surface area contributed by atoms with Crippen LogP contribution in [0.25, 0.3) is 0 Å². The molecule has 0 bridgehead atoms. The van der Waals surface area contributed by atoms with E-state index in [1.54, 1.807) is 56.6 Å². The number of anilines is 3. The van der Waals surface area contributed by atoms with E-state index in [9.17, 15) is 19.2 Å². The van der Waals surface area contributed by atoms with Gasteiger partial charge in [0.15, 0.2) is 0 Å². The van der Waals surface area contributed by atoms with Crippen LogP contribution in [-0.4, -0.2) is 50.1 Å². The summed E-state index contributed by atoms with van der Waals surface area (Å²) in [6, 6.07) is 18.5. The minimum atomic E-state index is -1.03. The van der Waals surface area contributed by atoms with E-state index < -0.39 is 12.0 Å². The van der Waals surface area contributed by atoms with Gasteiger partial charge in [0, 0.05) is 32.4 Å². The summed E-state index contributed by atoms with van der Waals surface area (Å²) in [5.74, 6) is -1.13. The molecule has 1 atom stereocenters. The van der Waals surface area contributed by atoms with Gasteiger partial charge >= 0.3 is 12.0 Å². The fourth-order valence-electron chi connectivity index (χ4n) is 4.24. The molecule has 0 fully saturated rings. The van der Waals surface area contributed by atoms with E-state index in [0.29, 0.717) is 28.3 Å². The molecular formula is C30H34N4O6. The summed E-state index contributed by atoms with van der Waals surface area (Å²) >= 11 is 0. The summed E-state index contributed by atoms with van der Waals surface area (Å²) in [6.45, 7) is 3.26. The molecular weight excluding hydrogens is 512 g/mol. The summed E-state index contributed by atoms with van der Waals surface area (Å²) in [4.78, 5) is 51.6. The summed E-state index contributed by atoms with van der Waals surface area (Å²) in [5, 5.41) is 14.6. The van der Waals surface area contributed by atoms with Crippen molar-refractivity contribution in [2.45, 2.75) is 32.7 Å². The zero-order valence-electron chi connectivity index (χ0n) is 23.2. The number of urea groups is 1. The Morgan fingerprint density at radius 3 is 2.23 bits per heavy atom. The van der Waals surface area contributed by atoms with Crippen molar-refractivity contribution in [3.05, 3.63) is 83.4 Å². The molecule has 40 heavy (non-hydrogen) atoms. The fourth-order valence-corrected chi connectivity index (χ4v) is 4.24. The quantitative estimate of drug-likeness (QED) is 0.343. The van der Waals surface area contributed by atoms with Crippen LogP contribution in [0, 0.1) is 6.92 Å². The summed E-state index contributed by atoms with van der Waals surface area (Å²) in [6.07, 6.45) is -0.173. The third kappa shape index (κ3) is 7.59. The number of carbonyl (C=O) groups excluding carboxylic acids is 3. The van der Waals surface area contributed by atoms with E-state index >= 15 is 0 Å². The molecule has 3 rings (SSSR count). The Hall–Kier alpha value is -4.86. The van der Waals surface area contributed by atoms with E-state index in [1.165, 1.54) is 23.8 Å². The molecule has 4 amide bonds. The van der Waals surface area contributed by atoms with Crippen molar-refractivity contribution in [1.82, 2.24) is 5.32 Å². The molecule has 1 unspecified atom stereocenters. The van der Waals surface area contributed by atoms with Gasteiger partial charge in [-0.3, -0.25) is 19.3 Å². The van der Waals surface area contributed by atoms with Gasteiger partial charge in [-0.2, -0.15) is 0 Å². The maximum Gasteiger partial charge on any atom is 0.326 e. The molecule has 0 aliphatic heterocycles. The monoisotopic (exact) mass is 546 g/mol. The van der Waals surface area contributed by atoms with Crippen molar-refractivity contribution in [3.8, 4) is 5.75 Å². The number of ether oxygens (including phenoxy) is 1. The van der Waals surface area contributed by atoms with Crippen LogP contribution in [0.5, 0.6) is 5.75 Å². The topological polar surface area (TPSA) is 128 Å². The third-order valence-electron chi connectivity index (χ3n) is 6.46. The van der Waals surface area contributed by atoms with Gasteiger partial charge in [0.1, 0.15) is 5.75 Å². The summed E-state index contributed by atoms with van der Waals surface area (Å²) < 4.78 is 5.48. The van der Waals surface area contributed by atoms with E-state index in [1.807, 2.05) is 31.2 Å². The van der Waals surface area contributed by atoms with Crippen LogP contribution in [0.3, 0.4) is 0 Å². The van der Waals surface area contributed by atoms with Gasteiger partial charge in [0.2, 0.25) is 11.8 Å². The van der Waals surface area contributed by atoms with Crippen LogP contribution in [0.2, 0.25) is 0 Å². The van der Waals surface area contributed by atoms with E-state index in [2.05, 4.69) is 10.6 Å². The fraction of sp³-hybridized carbons (Fsp3) is 0.267. The summed E-state index contributed by atoms with van der Waals surface area (Å²) in [5.41, 5.74) is 4.15. The maximum atomic E-state index is 13.0. The molecule has 0 aliphatic rings. The van der Waals surface area contributed by atoms with Gasteiger partial charge in [-0.15, -0.1) is 0 Å². The van der Waals surface area contributed by atoms with E-state index in [4.69, 9.17) is 9.84 Å². The van der Waals surface area contributed by atoms with Gasteiger partial charge < -0.3 is 25.4 Å². The SMILES string of the molecule is COc1cc(CC(=O)N(C)c2ccc(C(CC(=O)O)NC(C)=O)cc2)ccc1NC(=O)N(C)c1ccccc1C. The third-order valence-corrected chi connectivity index (χ3v) is 6.46. The Labute approximate surface area is 233 Å². The molecule has 0 heterocycles. The predicted molar refractivity (Wildman–Crippen MR) is 154 cm³/mol. The lowest BCUT2D eigenvalue weighted by Crippen LogP contribution is -2.31. The van der Waals surface area contributed by atoms with Gasteiger partial charge in [0.05, 0.1) is 31.7 Å². The van der Waals surface area contributed by atoms with Gasteiger partial charge in [-0.1, -0.05) is 36.4 Å². The molecule has 3 aromatic carbocycles. The highest BCUT2D eigenvalue weighted by molar-refractivity contribution is 6.02. The molecule has 0 radical (unpaired) electrons. The smallest absolute Gasteiger partial charge is 0.326 e. The van der Waals surface area contributed by atoms with Gasteiger partial charge in [0.25, 0.3) is 0 Å². The van der Waals surface area contributed by atoms with Gasteiger partial charge in [-0.25, -0.2) is 4.79 Å². The lowest BCUT2D eigenvalue weighted by atomic mass is 10.0. The van der Waals surface area contributed by atoms with Crippen LogP contribution in [0.15, 0.2) is 66.7 Å². The number of aliphatic carboxylic acids is 1. The maximum absolute atomic E-state index is 13.0. The van der Waals surface area contributed by atoms with Crippen LogP contribution in [-0.2, 0) is 20.8 Å². The number of methoxy groups -OCH3 is 1. The second-order valence-corrected chi connectivity index (χ2v) is 9.38. The number of nitrogens with one attached hydrogen (secondary N) is 2. The second-order valence-electron chi connectivity index (χ2n) is 9.38. The molecule has 0 aromatic heterocycles. The molecule has 3 N–H and O–H groups in total. The number of aryl methyl sites for hydroxylation is 1. The number of para-hydroxylation sites is 1. The Kier molecular flexibility index (Phi) is 9.86. The number of benzene rings is 3. The molecule has 0 aliphatic carbocycles. The second kappa shape index (κ2) is 13.3. The molecule has 210 valence electrons. The van der Waals surface area contributed by atoms with Crippen LogP contribution in [0.4, 0.5) is 21.9 Å². The Balaban J connectivity index is 1.68. The zero-order chi connectivity index (χ0) is 29.4. The highest BCUT2D eigenvalue weighted by Gasteiger charge is 2.19. The standard InChI is InChI=1S/C30H34N4O6/c1-19-8-6-7-9-26(19)34(4)30(39)32-24-15-10-21(16-27(24)40-5)17-28(36)33(3)23-13-11-22(12-14-23)25(18-29(37)38)31-20(2)35/h6-16,25H,17-18H2,1-5H3,(H,31,35)(H,32,39)(H,37,38). The number of carbonyl (C=O) groups is 4. The lowest BCUT2D eigenvalue weighted by Gasteiger charge is -2.21. The predicted octanol–water partition coefficient (Wildman–Crippen LogP) is 4.53. The highest BCUT2D eigenvalue weighted by Crippen LogP contribution is 2.28. The first kappa shape index (κ1) is 29.7. The van der Waals surface area contributed by atoms with Crippen LogP contribution < -0.4 is 25.2 Å². The largest absolute Gasteiger partial charge is 0.495 e. The van der Waals surface area contributed by atoms with E-state index in [0.717, 1.165) is 11.3 Å². The average molecular weight is 547 g/mol. The minimum Gasteiger partial charge on any atom is -0.495 e. The zero-order valence-corrected chi connectivity index (χ0v) is 23.2. The van der Waals surface area contributed by atoms with Crippen LogP contribution in [0.1, 0.15) is 36.1 Å².